The lowest BCUT2D eigenvalue weighted by Gasteiger charge is -2.19. The van der Waals surface area contributed by atoms with E-state index in [1.807, 2.05) is 0 Å². The van der Waals surface area contributed by atoms with Crippen molar-refractivity contribution in [3.05, 3.63) is 36.5 Å². The first-order valence-corrected chi connectivity index (χ1v) is 25.5. The van der Waals surface area contributed by atoms with Crippen molar-refractivity contribution >= 4 is 19.8 Å². The van der Waals surface area contributed by atoms with Crippen molar-refractivity contribution in [2.75, 3.05) is 26.4 Å². The van der Waals surface area contributed by atoms with E-state index in [0.717, 1.165) is 51.4 Å². The van der Waals surface area contributed by atoms with Crippen molar-refractivity contribution in [1.29, 1.82) is 0 Å². The summed E-state index contributed by atoms with van der Waals surface area (Å²) in [4.78, 5) is 34.6. The fourth-order valence-electron chi connectivity index (χ4n) is 6.70. The van der Waals surface area contributed by atoms with E-state index in [9.17, 15) is 19.0 Å². The molecule has 0 fully saturated rings. The minimum absolute atomic E-state index is 0.0546. The van der Waals surface area contributed by atoms with Gasteiger partial charge in [0.05, 0.1) is 13.2 Å². The number of phosphoric ester groups is 1. The quantitative estimate of drug-likeness (QED) is 0.0266. The summed E-state index contributed by atoms with van der Waals surface area (Å²) in [6.45, 7) is 3.66. The highest BCUT2D eigenvalue weighted by Crippen LogP contribution is 2.43. The molecule has 2 atom stereocenters. The zero-order chi connectivity index (χ0) is 42.5. The fourth-order valence-corrected chi connectivity index (χ4v) is 7.47. The summed E-state index contributed by atoms with van der Waals surface area (Å²) in [6.07, 6.45) is 50.9. The van der Waals surface area contributed by atoms with Gasteiger partial charge in [0.25, 0.3) is 0 Å². The second-order valence-electron chi connectivity index (χ2n) is 16.0. The molecule has 9 nitrogen and oxygen atoms in total. The summed E-state index contributed by atoms with van der Waals surface area (Å²) in [7, 11) is -4.37. The number of allylic oxidation sites excluding steroid dienone is 6. The van der Waals surface area contributed by atoms with Gasteiger partial charge in [0.15, 0.2) is 6.10 Å². The number of nitrogens with two attached hydrogens (primary N) is 1. The monoisotopic (exact) mass is 840 g/mol. The molecule has 0 heterocycles. The predicted octanol–water partition coefficient (Wildman–Crippen LogP) is 14.1. The van der Waals surface area contributed by atoms with E-state index < -0.39 is 26.5 Å². The highest BCUT2D eigenvalue weighted by molar-refractivity contribution is 7.47. The Labute approximate surface area is 356 Å². The average Bonchev–Trinajstić information content (AvgIpc) is 3.21. The maximum atomic E-state index is 12.6. The van der Waals surface area contributed by atoms with Gasteiger partial charge in [-0.1, -0.05) is 198 Å². The number of phosphoric acid groups is 1. The first kappa shape index (κ1) is 56.2. The largest absolute Gasteiger partial charge is 0.472 e. The Bertz CT molecular complexity index is 1050. The second-order valence-corrected chi connectivity index (χ2v) is 17.4. The normalized spacial score (nSPS) is 13.5. The van der Waals surface area contributed by atoms with Crippen LogP contribution in [0.25, 0.3) is 0 Å². The molecule has 0 amide bonds. The van der Waals surface area contributed by atoms with Crippen LogP contribution in [0.5, 0.6) is 0 Å². The molecule has 58 heavy (non-hydrogen) atoms. The van der Waals surface area contributed by atoms with Gasteiger partial charge in [-0.3, -0.25) is 18.6 Å². The molecule has 0 aromatic heterocycles. The smallest absolute Gasteiger partial charge is 0.462 e. The van der Waals surface area contributed by atoms with Gasteiger partial charge in [-0.05, 0) is 51.4 Å². The summed E-state index contributed by atoms with van der Waals surface area (Å²) in [5.41, 5.74) is 5.33. The summed E-state index contributed by atoms with van der Waals surface area (Å²) in [5, 5.41) is 0. The molecular formula is C48H90NO8P. The Morgan fingerprint density at radius 2 is 0.897 bits per heavy atom. The topological polar surface area (TPSA) is 134 Å². The third kappa shape index (κ3) is 43.8. The lowest BCUT2D eigenvalue weighted by molar-refractivity contribution is -0.161. The summed E-state index contributed by atoms with van der Waals surface area (Å²) in [6, 6.07) is 0. The Morgan fingerprint density at radius 3 is 1.33 bits per heavy atom. The molecule has 340 valence electrons. The molecule has 0 radical (unpaired) electrons. The number of carbonyl (C=O) groups excluding carboxylic acids is 2. The lowest BCUT2D eigenvalue weighted by atomic mass is 10.0. The second kappa shape index (κ2) is 44.8. The van der Waals surface area contributed by atoms with Crippen LogP contribution in [0.15, 0.2) is 36.5 Å². The van der Waals surface area contributed by atoms with E-state index in [2.05, 4.69) is 50.3 Å². The first-order chi connectivity index (χ1) is 28.3. The zero-order valence-corrected chi connectivity index (χ0v) is 38.4. The van der Waals surface area contributed by atoms with E-state index in [-0.39, 0.29) is 38.6 Å². The number of esters is 2. The lowest BCUT2D eigenvalue weighted by Crippen LogP contribution is -2.29. The molecule has 0 aromatic rings. The van der Waals surface area contributed by atoms with Crippen LogP contribution in [0, 0.1) is 0 Å². The van der Waals surface area contributed by atoms with Crippen molar-refractivity contribution in [2.24, 2.45) is 5.73 Å². The number of unbranched alkanes of at least 4 members (excludes halogenated alkanes) is 26. The summed E-state index contributed by atoms with van der Waals surface area (Å²) >= 11 is 0. The first-order valence-electron chi connectivity index (χ1n) is 24.0. The average molecular weight is 840 g/mol. The van der Waals surface area contributed by atoms with Gasteiger partial charge < -0.3 is 20.1 Å². The fraction of sp³-hybridized carbons (Fsp3) is 0.833. The molecule has 0 aromatic carbocycles. The van der Waals surface area contributed by atoms with Gasteiger partial charge in [0, 0.05) is 19.4 Å². The van der Waals surface area contributed by atoms with Crippen LogP contribution in [-0.4, -0.2) is 49.3 Å². The van der Waals surface area contributed by atoms with Gasteiger partial charge in [-0.2, -0.15) is 0 Å². The van der Waals surface area contributed by atoms with E-state index in [1.165, 1.54) is 141 Å². The Hall–Kier alpha value is -1.77. The van der Waals surface area contributed by atoms with Crippen molar-refractivity contribution in [1.82, 2.24) is 0 Å². The van der Waals surface area contributed by atoms with Crippen molar-refractivity contribution in [3.8, 4) is 0 Å². The maximum Gasteiger partial charge on any atom is 0.472 e. The Morgan fingerprint density at radius 1 is 0.517 bits per heavy atom. The van der Waals surface area contributed by atoms with Crippen LogP contribution in [0.1, 0.15) is 226 Å². The van der Waals surface area contributed by atoms with Crippen LogP contribution in [-0.2, 0) is 32.7 Å². The van der Waals surface area contributed by atoms with Crippen molar-refractivity contribution in [2.45, 2.75) is 232 Å². The Balaban J connectivity index is 3.80. The minimum atomic E-state index is -4.37. The molecule has 0 saturated carbocycles. The standard InChI is InChI=1S/C48H90NO8P/c1-3-5-7-9-11-12-13-14-15-16-17-18-19-20-21-22-23-24-25-26-27-28-29-30-31-32-33-34-35-37-39-41-48(51)57-46(45-56-58(52,53)55-43-42-49)44-54-47(50)40-38-36-10-8-6-4-2/h13-14,16-17,19-20,46H,3-12,15,18,21-45,49H2,1-2H3,(H,52,53)/b14-13-,17-16-,20-19-. The third-order valence-corrected chi connectivity index (χ3v) is 11.3. The van der Waals surface area contributed by atoms with Crippen LogP contribution in [0.3, 0.4) is 0 Å². The molecule has 10 heteroatoms. The van der Waals surface area contributed by atoms with Crippen molar-refractivity contribution in [3.63, 3.8) is 0 Å². The number of rotatable bonds is 45. The van der Waals surface area contributed by atoms with E-state index in [4.69, 9.17) is 24.3 Å². The van der Waals surface area contributed by atoms with Crippen LogP contribution < -0.4 is 5.73 Å². The molecule has 0 spiro atoms. The van der Waals surface area contributed by atoms with Crippen molar-refractivity contribution < 1.29 is 37.6 Å². The van der Waals surface area contributed by atoms with Gasteiger partial charge in [-0.15, -0.1) is 0 Å². The molecular weight excluding hydrogens is 750 g/mol. The van der Waals surface area contributed by atoms with Gasteiger partial charge >= 0.3 is 19.8 Å². The Kier molecular flexibility index (Phi) is 43.4. The molecule has 0 rings (SSSR count). The number of hydrogen-bond acceptors (Lipinski definition) is 8. The molecule has 3 N–H and O–H groups in total. The maximum absolute atomic E-state index is 12.6. The van der Waals surface area contributed by atoms with Crippen LogP contribution >= 0.6 is 7.82 Å². The van der Waals surface area contributed by atoms with Crippen LogP contribution in [0.2, 0.25) is 0 Å². The molecule has 0 saturated heterocycles. The van der Waals surface area contributed by atoms with Gasteiger partial charge in [0.1, 0.15) is 6.61 Å². The SMILES string of the molecule is CCCCCCC/C=C\C/C=C\C/C=C\CCCCCCCCCCCCCCCCCCC(=O)OC(COC(=O)CCCCCCCC)COP(=O)(O)OCCN. The molecule has 2 unspecified atom stereocenters. The number of ether oxygens (including phenoxy) is 2. The van der Waals surface area contributed by atoms with Gasteiger partial charge in [-0.25, -0.2) is 4.57 Å². The highest BCUT2D eigenvalue weighted by Gasteiger charge is 2.26. The highest BCUT2D eigenvalue weighted by atomic mass is 31.2. The number of carbonyl (C=O) groups is 2. The minimum Gasteiger partial charge on any atom is -0.462 e. The zero-order valence-electron chi connectivity index (χ0n) is 37.5. The predicted molar refractivity (Wildman–Crippen MR) is 243 cm³/mol. The third-order valence-electron chi connectivity index (χ3n) is 10.3. The molecule has 0 aliphatic rings. The van der Waals surface area contributed by atoms with E-state index in [0.29, 0.717) is 6.42 Å². The number of hydrogen-bond donors (Lipinski definition) is 2. The van der Waals surface area contributed by atoms with Gasteiger partial charge in [0.2, 0.25) is 0 Å². The molecule has 0 aliphatic carbocycles. The van der Waals surface area contributed by atoms with Crippen LogP contribution in [0.4, 0.5) is 0 Å². The van der Waals surface area contributed by atoms with E-state index in [1.54, 1.807) is 0 Å². The molecule has 0 bridgehead atoms. The summed E-state index contributed by atoms with van der Waals surface area (Å²) < 4.78 is 32.6. The van der Waals surface area contributed by atoms with E-state index >= 15 is 0 Å². The summed E-state index contributed by atoms with van der Waals surface area (Å²) in [5.74, 6) is -0.833. The molecule has 0 aliphatic heterocycles.